The molecule has 21 heavy (non-hydrogen) atoms. The van der Waals surface area contributed by atoms with Gasteiger partial charge in [0.15, 0.2) is 0 Å². The molecule has 0 saturated heterocycles. The number of nitrogens with zero attached hydrogens (tertiary/aromatic N) is 2. The lowest BCUT2D eigenvalue weighted by atomic mass is 10.1. The van der Waals surface area contributed by atoms with Crippen molar-refractivity contribution in [3.63, 3.8) is 0 Å². The topological polar surface area (TPSA) is 53.1 Å². The van der Waals surface area contributed by atoms with Crippen molar-refractivity contribution in [1.82, 2.24) is 9.78 Å². The number of nitrogens with two attached hydrogens (primary N) is 1. The quantitative estimate of drug-likeness (QED) is 0.850. The molecule has 0 aliphatic carbocycles. The van der Waals surface area contributed by atoms with Crippen molar-refractivity contribution in [2.75, 3.05) is 0 Å². The molecule has 1 aromatic carbocycles. The fraction of sp³-hybridized carbons (Fsp3) is 0.471. The minimum absolute atomic E-state index is 0.124. The van der Waals surface area contributed by atoms with Gasteiger partial charge in [-0.25, -0.2) is 0 Å². The van der Waals surface area contributed by atoms with Gasteiger partial charge < -0.3 is 10.5 Å². The first-order valence-electron chi connectivity index (χ1n) is 7.60. The van der Waals surface area contributed by atoms with E-state index >= 15 is 0 Å². The van der Waals surface area contributed by atoms with Gasteiger partial charge >= 0.3 is 0 Å². The van der Waals surface area contributed by atoms with E-state index in [9.17, 15) is 0 Å². The van der Waals surface area contributed by atoms with Crippen molar-refractivity contribution in [1.29, 1.82) is 0 Å². The summed E-state index contributed by atoms with van der Waals surface area (Å²) in [6.07, 6.45) is 3.90. The summed E-state index contributed by atoms with van der Waals surface area (Å²) in [6, 6.07) is 10.6. The molecule has 0 spiro atoms. The summed E-state index contributed by atoms with van der Waals surface area (Å²) in [5.74, 6) is 0.896. The van der Waals surface area contributed by atoms with Gasteiger partial charge in [-0.05, 0) is 44.4 Å². The van der Waals surface area contributed by atoms with Crippen LogP contribution in [0, 0.1) is 0 Å². The summed E-state index contributed by atoms with van der Waals surface area (Å²) in [5.41, 5.74) is 7.98. The minimum Gasteiger partial charge on any atom is -0.487 e. The monoisotopic (exact) mass is 287 g/mol. The number of rotatable bonds is 7. The Balaban J connectivity index is 2.01. The van der Waals surface area contributed by atoms with Gasteiger partial charge in [-0.1, -0.05) is 25.1 Å². The van der Waals surface area contributed by atoms with Gasteiger partial charge in [-0.15, -0.1) is 0 Å². The largest absolute Gasteiger partial charge is 0.487 e. The fourth-order valence-corrected chi connectivity index (χ4v) is 2.20. The first kappa shape index (κ1) is 15.6. The lowest BCUT2D eigenvalue weighted by Crippen LogP contribution is -2.18. The third-order valence-electron chi connectivity index (χ3n) is 3.60. The summed E-state index contributed by atoms with van der Waals surface area (Å²) in [4.78, 5) is 0. The van der Waals surface area contributed by atoms with Crippen LogP contribution in [0.2, 0.25) is 0 Å². The maximum atomic E-state index is 5.92. The summed E-state index contributed by atoms with van der Waals surface area (Å²) in [6.45, 7) is 6.81. The Labute approximate surface area is 126 Å². The van der Waals surface area contributed by atoms with E-state index in [2.05, 4.69) is 25.0 Å². The van der Waals surface area contributed by atoms with Crippen LogP contribution >= 0.6 is 0 Å². The molecule has 0 aliphatic heterocycles. The molecule has 0 saturated carbocycles. The lowest BCUT2D eigenvalue weighted by molar-refractivity contribution is 0.294. The molecule has 0 bridgehead atoms. The molecule has 0 aliphatic rings. The van der Waals surface area contributed by atoms with Gasteiger partial charge in [-0.3, -0.25) is 4.68 Å². The Hall–Kier alpha value is -1.81. The van der Waals surface area contributed by atoms with Crippen LogP contribution < -0.4 is 10.5 Å². The molecule has 2 aromatic rings. The van der Waals surface area contributed by atoms with Gasteiger partial charge in [0.25, 0.3) is 0 Å². The summed E-state index contributed by atoms with van der Waals surface area (Å²) < 4.78 is 7.91. The molecule has 0 radical (unpaired) electrons. The number of hydrogen-bond acceptors (Lipinski definition) is 3. The summed E-state index contributed by atoms with van der Waals surface area (Å²) >= 11 is 0. The minimum atomic E-state index is 0.124. The Bertz CT molecular complexity index is 563. The van der Waals surface area contributed by atoms with Crippen molar-refractivity contribution in [2.24, 2.45) is 5.73 Å². The second-order valence-corrected chi connectivity index (χ2v) is 5.62. The van der Waals surface area contributed by atoms with Crippen LogP contribution in [0.15, 0.2) is 36.5 Å². The second-order valence-electron chi connectivity index (χ2n) is 5.62. The fourth-order valence-electron chi connectivity index (χ4n) is 2.20. The van der Waals surface area contributed by atoms with Crippen LogP contribution in [-0.4, -0.2) is 15.8 Å². The van der Waals surface area contributed by atoms with Crippen molar-refractivity contribution in [3.8, 4) is 5.75 Å². The molecule has 2 rings (SSSR count). The molecule has 114 valence electrons. The number of hydrogen-bond donors (Lipinski definition) is 1. The van der Waals surface area contributed by atoms with Crippen LogP contribution in [0.3, 0.4) is 0 Å². The van der Waals surface area contributed by atoms with Crippen LogP contribution in [0.25, 0.3) is 0 Å². The molecule has 2 N–H and O–H groups in total. The predicted octanol–water partition coefficient (Wildman–Crippen LogP) is 3.32. The molecule has 4 nitrogen and oxygen atoms in total. The van der Waals surface area contributed by atoms with Gasteiger partial charge in [-0.2, -0.15) is 5.10 Å². The van der Waals surface area contributed by atoms with E-state index in [1.807, 2.05) is 42.1 Å². The average Bonchev–Trinajstić information content (AvgIpc) is 2.94. The zero-order chi connectivity index (χ0) is 15.2. The summed E-state index contributed by atoms with van der Waals surface area (Å²) in [7, 11) is 0. The van der Waals surface area contributed by atoms with Gasteiger partial charge in [0.05, 0.1) is 5.69 Å². The highest BCUT2D eigenvalue weighted by molar-refractivity contribution is 5.34. The Morgan fingerprint density at radius 3 is 2.71 bits per heavy atom. The molecular weight excluding hydrogens is 262 g/mol. The van der Waals surface area contributed by atoms with E-state index in [0.717, 1.165) is 29.8 Å². The van der Waals surface area contributed by atoms with E-state index in [-0.39, 0.29) is 6.04 Å². The zero-order valence-electron chi connectivity index (χ0n) is 13.1. The van der Waals surface area contributed by atoms with Crippen molar-refractivity contribution < 1.29 is 4.74 Å². The molecule has 1 aromatic heterocycles. The maximum Gasteiger partial charge on any atom is 0.132 e. The van der Waals surface area contributed by atoms with Gasteiger partial charge in [0.1, 0.15) is 12.4 Å². The molecule has 2 atom stereocenters. The van der Waals surface area contributed by atoms with Crippen LogP contribution in [-0.2, 0) is 13.0 Å². The predicted molar refractivity (Wildman–Crippen MR) is 85.4 cm³/mol. The SMILES string of the molecule is CCC(C)n1ccc(COc2ccccc2CC(C)N)n1. The molecule has 0 fully saturated rings. The van der Waals surface area contributed by atoms with Crippen molar-refractivity contribution in [2.45, 2.75) is 52.3 Å². The van der Waals surface area contributed by atoms with Crippen molar-refractivity contribution in [3.05, 3.63) is 47.8 Å². The van der Waals surface area contributed by atoms with E-state index in [1.165, 1.54) is 0 Å². The Kier molecular flexibility index (Phi) is 5.39. The molecule has 0 amide bonds. The van der Waals surface area contributed by atoms with Crippen molar-refractivity contribution >= 4 is 0 Å². The highest BCUT2D eigenvalue weighted by Crippen LogP contribution is 2.20. The highest BCUT2D eigenvalue weighted by Gasteiger charge is 2.08. The van der Waals surface area contributed by atoms with E-state index < -0.39 is 0 Å². The van der Waals surface area contributed by atoms with Gasteiger partial charge in [0.2, 0.25) is 0 Å². The normalized spacial score (nSPS) is 13.9. The van der Waals surface area contributed by atoms with E-state index in [0.29, 0.717) is 12.6 Å². The van der Waals surface area contributed by atoms with Gasteiger partial charge in [0, 0.05) is 18.3 Å². The third-order valence-corrected chi connectivity index (χ3v) is 3.60. The number of ether oxygens (including phenoxy) is 1. The highest BCUT2D eigenvalue weighted by atomic mass is 16.5. The zero-order valence-corrected chi connectivity index (χ0v) is 13.1. The first-order valence-corrected chi connectivity index (χ1v) is 7.60. The maximum absolute atomic E-state index is 5.92. The number of aromatic nitrogens is 2. The second kappa shape index (κ2) is 7.27. The molecule has 1 heterocycles. The van der Waals surface area contributed by atoms with E-state index in [4.69, 9.17) is 10.5 Å². The third kappa shape index (κ3) is 4.33. The van der Waals surface area contributed by atoms with E-state index in [1.54, 1.807) is 0 Å². The molecular formula is C17H25N3O. The average molecular weight is 287 g/mol. The summed E-state index contributed by atoms with van der Waals surface area (Å²) in [5, 5.41) is 4.55. The van der Waals surface area contributed by atoms with Crippen LogP contribution in [0.5, 0.6) is 5.75 Å². The number of benzene rings is 1. The van der Waals surface area contributed by atoms with Crippen LogP contribution in [0.4, 0.5) is 0 Å². The Morgan fingerprint density at radius 2 is 2.00 bits per heavy atom. The molecule has 2 unspecified atom stereocenters. The Morgan fingerprint density at radius 1 is 1.24 bits per heavy atom. The standard InChI is InChI=1S/C17H25N3O/c1-4-14(3)20-10-9-16(19-20)12-21-17-8-6-5-7-15(17)11-13(2)18/h5-10,13-14H,4,11-12,18H2,1-3H3. The lowest BCUT2D eigenvalue weighted by Gasteiger charge is -2.12. The first-order chi connectivity index (χ1) is 10.1. The van der Waals surface area contributed by atoms with Crippen LogP contribution in [0.1, 0.15) is 44.5 Å². The smallest absolute Gasteiger partial charge is 0.132 e. The molecule has 4 heteroatoms. The number of para-hydroxylation sites is 1.